The van der Waals surface area contributed by atoms with E-state index < -0.39 is 0 Å². The van der Waals surface area contributed by atoms with E-state index in [2.05, 4.69) is 23.2 Å². The van der Waals surface area contributed by atoms with Crippen LogP contribution in [0.1, 0.15) is 11.1 Å². The van der Waals surface area contributed by atoms with Crippen LogP contribution >= 0.6 is 22.9 Å². The van der Waals surface area contributed by atoms with Gasteiger partial charge in [0.15, 0.2) is 5.13 Å². The molecule has 0 fully saturated rings. The molecule has 0 unspecified atom stereocenters. The lowest BCUT2D eigenvalue weighted by molar-refractivity contribution is -0.130. The first-order valence-corrected chi connectivity index (χ1v) is 9.42. The van der Waals surface area contributed by atoms with E-state index in [1.165, 1.54) is 11.1 Å². The molecule has 0 spiro atoms. The summed E-state index contributed by atoms with van der Waals surface area (Å²) in [6.45, 7) is 1.78. The second-order valence-electron chi connectivity index (χ2n) is 6.27. The summed E-state index contributed by atoms with van der Waals surface area (Å²) >= 11 is 7.76. The summed E-state index contributed by atoms with van der Waals surface area (Å²) < 4.78 is 1.04. The molecule has 6 heteroatoms. The summed E-state index contributed by atoms with van der Waals surface area (Å²) in [5.41, 5.74) is 3.40. The lowest BCUT2D eigenvalue weighted by Gasteiger charge is -2.30. The molecule has 0 saturated carbocycles. The van der Waals surface area contributed by atoms with E-state index in [0.717, 1.165) is 28.3 Å². The van der Waals surface area contributed by atoms with Crippen LogP contribution in [0.3, 0.4) is 0 Å². The fraction of sp³-hybridized carbons (Fsp3) is 0.263. The zero-order valence-electron chi connectivity index (χ0n) is 13.9. The fourth-order valence-corrected chi connectivity index (χ4v) is 4.37. The molecule has 0 saturated heterocycles. The monoisotopic (exact) mass is 371 g/mol. The average molecular weight is 372 g/mol. The maximum Gasteiger partial charge on any atom is 0.242 e. The van der Waals surface area contributed by atoms with Crippen molar-refractivity contribution in [1.29, 1.82) is 0 Å². The van der Waals surface area contributed by atoms with Gasteiger partial charge in [-0.3, -0.25) is 4.79 Å². The van der Waals surface area contributed by atoms with Gasteiger partial charge in [-0.2, -0.15) is 0 Å². The molecule has 0 N–H and O–H groups in total. The summed E-state index contributed by atoms with van der Waals surface area (Å²) in [6.07, 6.45) is 0.919. The summed E-state index contributed by atoms with van der Waals surface area (Å²) in [6, 6.07) is 14.1. The Bertz CT molecular complexity index is 939. The first-order chi connectivity index (χ1) is 12.1. The Kier molecular flexibility index (Phi) is 4.36. The number of thiazole rings is 1. The molecule has 0 aliphatic carbocycles. The van der Waals surface area contributed by atoms with E-state index in [4.69, 9.17) is 11.6 Å². The highest BCUT2D eigenvalue weighted by molar-refractivity contribution is 7.22. The van der Waals surface area contributed by atoms with Crippen molar-refractivity contribution in [2.24, 2.45) is 0 Å². The number of fused-ring (bicyclic) bond motifs is 2. The highest BCUT2D eigenvalue weighted by Crippen LogP contribution is 2.32. The second kappa shape index (κ2) is 6.65. The lowest BCUT2D eigenvalue weighted by Crippen LogP contribution is -2.41. The molecule has 1 aliphatic rings. The minimum atomic E-state index is 0.127. The van der Waals surface area contributed by atoms with E-state index in [1.54, 1.807) is 11.3 Å². The fourth-order valence-electron chi connectivity index (χ4n) is 3.15. The van der Waals surface area contributed by atoms with Crippen LogP contribution in [0.15, 0.2) is 42.5 Å². The van der Waals surface area contributed by atoms with Gasteiger partial charge in [0.2, 0.25) is 5.91 Å². The predicted octanol–water partition coefficient (Wildman–Crippen LogP) is 3.97. The van der Waals surface area contributed by atoms with Crippen molar-refractivity contribution in [3.63, 3.8) is 0 Å². The number of aromatic nitrogens is 1. The van der Waals surface area contributed by atoms with Crippen molar-refractivity contribution >= 4 is 44.2 Å². The molecule has 1 amide bonds. The van der Waals surface area contributed by atoms with Crippen molar-refractivity contribution in [3.8, 4) is 0 Å². The molecule has 3 aromatic rings. The van der Waals surface area contributed by atoms with Crippen molar-refractivity contribution in [2.45, 2.75) is 13.0 Å². The van der Waals surface area contributed by atoms with Gasteiger partial charge in [0.1, 0.15) is 5.52 Å². The Morgan fingerprint density at radius 1 is 1.24 bits per heavy atom. The standard InChI is InChI=1S/C19H18ClN3OS/c1-22(19-21-18-15(20)7-4-8-16(18)25-19)12-17(24)23-10-9-13-5-2-3-6-14(13)11-23/h2-8H,9-12H2,1H3. The van der Waals surface area contributed by atoms with E-state index in [-0.39, 0.29) is 5.91 Å². The summed E-state index contributed by atoms with van der Waals surface area (Å²) in [5.74, 6) is 0.127. The number of likely N-dealkylation sites (N-methyl/N-ethyl adjacent to an activating group) is 1. The molecule has 0 atom stereocenters. The van der Waals surface area contributed by atoms with Crippen molar-refractivity contribution < 1.29 is 4.79 Å². The van der Waals surface area contributed by atoms with Gasteiger partial charge < -0.3 is 9.80 Å². The molecule has 0 bridgehead atoms. The molecule has 1 aliphatic heterocycles. The number of hydrogen-bond acceptors (Lipinski definition) is 4. The van der Waals surface area contributed by atoms with Crippen molar-refractivity contribution in [2.75, 3.05) is 25.0 Å². The Hall–Kier alpha value is -2.11. The Labute approximate surface area is 155 Å². The van der Waals surface area contributed by atoms with E-state index in [0.29, 0.717) is 18.1 Å². The number of halogens is 1. The van der Waals surface area contributed by atoms with Gasteiger partial charge in [-0.1, -0.05) is 53.3 Å². The highest BCUT2D eigenvalue weighted by atomic mass is 35.5. The predicted molar refractivity (Wildman–Crippen MR) is 103 cm³/mol. The largest absolute Gasteiger partial charge is 0.342 e. The van der Waals surface area contributed by atoms with Crippen LogP contribution in [0.2, 0.25) is 5.02 Å². The van der Waals surface area contributed by atoms with Gasteiger partial charge in [-0.05, 0) is 29.7 Å². The molecule has 4 rings (SSSR count). The van der Waals surface area contributed by atoms with Gasteiger partial charge in [-0.15, -0.1) is 0 Å². The third kappa shape index (κ3) is 3.22. The maximum absolute atomic E-state index is 12.7. The van der Waals surface area contributed by atoms with Gasteiger partial charge in [-0.25, -0.2) is 4.98 Å². The summed E-state index contributed by atoms with van der Waals surface area (Å²) in [7, 11) is 1.90. The quantitative estimate of drug-likeness (QED) is 0.699. The maximum atomic E-state index is 12.7. The van der Waals surface area contributed by atoms with Crippen LogP contribution in [0.4, 0.5) is 5.13 Å². The van der Waals surface area contributed by atoms with Crippen LogP contribution < -0.4 is 4.90 Å². The van der Waals surface area contributed by atoms with Gasteiger partial charge in [0, 0.05) is 20.1 Å². The molecule has 0 radical (unpaired) electrons. The van der Waals surface area contributed by atoms with Crippen LogP contribution in [-0.4, -0.2) is 35.9 Å². The number of hydrogen-bond donors (Lipinski definition) is 0. The second-order valence-corrected chi connectivity index (χ2v) is 7.69. The van der Waals surface area contributed by atoms with Crippen LogP contribution in [0.25, 0.3) is 10.2 Å². The van der Waals surface area contributed by atoms with Gasteiger partial charge in [0.05, 0.1) is 16.3 Å². The number of carbonyl (C=O) groups excluding carboxylic acids is 1. The van der Waals surface area contributed by atoms with Crippen LogP contribution in [-0.2, 0) is 17.8 Å². The Morgan fingerprint density at radius 2 is 2.04 bits per heavy atom. The number of rotatable bonds is 3. The van der Waals surface area contributed by atoms with E-state index >= 15 is 0 Å². The Morgan fingerprint density at radius 3 is 2.84 bits per heavy atom. The number of carbonyl (C=O) groups is 1. The minimum Gasteiger partial charge on any atom is -0.342 e. The van der Waals surface area contributed by atoms with Crippen molar-refractivity contribution in [3.05, 3.63) is 58.6 Å². The van der Waals surface area contributed by atoms with E-state index in [1.807, 2.05) is 41.1 Å². The summed E-state index contributed by atoms with van der Waals surface area (Å²) in [4.78, 5) is 21.1. The number of anilines is 1. The topological polar surface area (TPSA) is 36.4 Å². The molecular formula is C19H18ClN3OS. The SMILES string of the molecule is CN(CC(=O)N1CCc2ccccc2C1)c1nc2c(Cl)cccc2s1. The number of nitrogens with zero attached hydrogens (tertiary/aromatic N) is 3. The van der Waals surface area contributed by atoms with Gasteiger partial charge >= 0.3 is 0 Å². The number of para-hydroxylation sites is 1. The molecule has 128 valence electrons. The molecule has 25 heavy (non-hydrogen) atoms. The molecule has 4 nitrogen and oxygen atoms in total. The molecule has 1 aromatic heterocycles. The Balaban J connectivity index is 1.48. The third-order valence-electron chi connectivity index (χ3n) is 4.54. The zero-order valence-corrected chi connectivity index (χ0v) is 15.5. The molecular weight excluding hydrogens is 354 g/mol. The normalized spacial score (nSPS) is 13.8. The minimum absolute atomic E-state index is 0.127. The smallest absolute Gasteiger partial charge is 0.242 e. The average Bonchev–Trinajstić information content (AvgIpc) is 3.07. The molecule has 2 aromatic carbocycles. The third-order valence-corrected chi connectivity index (χ3v) is 5.98. The number of benzene rings is 2. The van der Waals surface area contributed by atoms with Crippen LogP contribution in [0, 0.1) is 0 Å². The number of amides is 1. The zero-order chi connectivity index (χ0) is 17.4. The first-order valence-electron chi connectivity index (χ1n) is 8.22. The van der Waals surface area contributed by atoms with E-state index in [9.17, 15) is 4.79 Å². The van der Waals surface area contributed by atoms with Gasteiger partial charge in [0.25, 0.3) is 0 Å². The molecule has 2 heterocycles. The van der Waals surface area contributed by atoms with Crippen LogP contribution in [0.5, 0.6) is 0 Å². The summed E-state index contributed by atoms with van der Waals surface area (Å²) in [5, 5.41) is 1.46. The van der Waals surface area contributed by atoms with Crippen molar-refractivity contribution in [1.82, 2.24) is 9.88 Å². The lowest BCUT2D eigenvalue weighted by atomic mass is 10.00. The first kappa shape index (κ1) is 16.4. The highest BCUT2D eigenvalue weighted by Gasteiger charge is 2.22.